The van der Waals surface area contributed by atoms with Gasteiger partial charge in [0.05, 0.1) is 11.1 Å². The van der Waals surface area contributed by atoms with Crippen LogP contribution in [0.5, 0.6) is 0 Å². The highest BCUT2D eigenvalue weighted by molar-refractivity contribution is 7.89. The fourth-order valence-corrected chi connectivity index (χ4v) is 4.75. The van der Waals surface area contributed by atoms with Gasteiger partial charge in [-0.05, 0) is 24.6 Å². The van der Waals surface area contributed by atoms with Crippen molar-refractivity contribution in [2.45, 2.75) is 30.8 Å². The van der Waals surface area contributed by atoms with Crippen LogP contribution in [0.15, 0.2) is 101 Å². The third kappa shape index (κ3) is 5.95. The van der Waals surface area contributed by atoms with Crippen LogP contribution in [-0.2, 0) is 27.8 Å². The van der Waals surface area contributed by atoms with Crippen LogP contribution in [0.25, 0.3) is 22.5 Å². The number of nitrogens with zero attached hydrogens (tertiary/aromatic N) is 4. The molecule has 3 N–H and O–H groups in total. The van der Waals surface area contributed by atoms with E-state index in [0.29, 0.717) is 29.1 Å². The van der Waals surface area contributed by atoms with E-state index in [-0.39, 0.29) is 17.3 Å². The first kappa shape index (κ1) is 26.0. The van der Waals surface area contributed by atoms with E-state index in [1.807, 2.05) is 67.6 Å². The lowest BCUT2D eigenvalue weighted by atomic mass is 10.0. The van der Waals surface area contributed by atoms with Gasteiger partial charge in [-0.15, -0.1) is 5.10 Å². The maximum atomic E-state index is 13.6. The van der Waals surface area contributed by atoms with Gasteiger partial charge < -0.3 is 9.84 Å². The average Bonchev–Trinajstić information content (AvgIpc) is 3.58. The van der Waals surface area contributed by atoms with Gasteiger partial charge in [-0.2, -0.15) is 0 Å². The molecule has 1 atom stereocenters. The summed E-state index contributed by atoms with van der Waals surface area (Å²) in [5, 5.41) is 20.9. The highest BCUT2D eigenvalue weighted by Gasteiger charge is 2.24. The van der Waals surface area contributed by atoms with Crippen LogP contribution < -0.4 is 10.5 Å². The van der Waals surface area contributed by atoms with Crippen molar-refractivity contribution in [3.63, 3.8) is 0 Å². The van der Waals surface area contributed by atoms with Crippen molar-refractivity contribution < 1.29 is 17.7 Å². The van der Waals surface area contributed by atoms with E-state index >= 15 is 0 Å². The van der Waals surface area contributed by atoms with Crippen LogP contribution in [0.4, 0.5) is 0 Å². The summed E-state index contributed by atoms with van der Waals surface area (Å²) < 4.78 is 30.1. The van der Waals surface area contributed by atoms with Crippen molar-refractivity contribution in [2.24, 2.45) is 5.14 Å². The minimum Gasteiger partial charge on any atom is -0.361 e. The summed E-state index contributed by atoms with van der Waals surface area (Å²) >= 11 is 0. The highest BCUT2D eigenvalue weighted by Crippen LogP contribution is 2.26. The summed E-state index contributed by atoms with van der Waals surface area (Å²) in [6.07, 6.45) is 2.05. The van der Waals surface area contributed by atoms with Crippen LogP contribution in [0.2, 0.25) is 0 Å². The van der Waals surface area contributed by atoms with Crippen molar-refractivity contribution in [3.05, 3.63) is 108 Å². The Hall–Kier alpha value is -4.61. The summed E-state index contributed by atoms with van der Waals surface area (Å²) in [6, 6.07) is 24.6. The van der Waals surface area contributed by atoms with Crippen molar-refractivity contribution in [1.82, 2.24) is 25.5 Å². The fraction of sp³-hybridized carbons (Fsp3) is 0.143. The lowest BCUT2D eigenvalue weighted by molar-refractivity contribution is -0.124. The Kier molecular flexibility index (Phi) is 7.35. The molecule has 1 amide bonds. The molecular weight excluding hydrogens is 516 g/mol. The number of amides is 1. The minimum atomic E-state index is -3.81. The topological polar surface area (TPSA) is 146 Å². The zero-order valence-electron chi connectivity index (χ0n) is 21.1. The molecule has 0 saturated heterocycles. The first-order valence-corrected chi connectivity index (χ1v) is 13.7. The number of hydrogen-bond donors (Lipinski definition) is 2. The normalized spacial score (nSPS) is 12.3. The first-order valence-electron chi connectivity index (χ1n) is 12.2. The minimum absolute atomic E-state index is 0.00104. The molecule has 0 radical (unpaired) electrons. The van der Waals surface area contributed by atoms with Crippen molar-refractivity contribution in [3.8, 4) is 22.5 Å². The standard InChI is InChI=1S/C28H26N6O4S/c1-19-24(27(32-38-19)22-10-6-3-7-11-22)17-30-28(35)26(16-20-8-4-2-5-9-20)34-18-25(31-33-34)21-12-14-23(15-13-21)39(29,36)37/h2-15,18,26H,16-17H2,1H3,(H,30,35)(H2,29,36,37). The number of hydrogen-bond acceptors (Lipinski definition) is 7. The average molecular weight is 543 g/mol. The van der Waals surface area contributed by atoms with Gasteiger partial charge in [0.1, 0.15) is 23.2 Å². The predicted octanol–water partition coefficient (Wildman–Crippen LogP) is 3.66. The van der Waals surface area contributed by atoms with Crippen molar-refractivity contribution in [2.75, 3.05) is 0 Å². The molecule has 0 bridgehead atoms. The number of nitrogens with two attached hydrogens (primary N) is 1. The van der Waals surface area contributed by atoms with Gasteiger partial charge in [0.25, 0.3) is 0 Å². The van der Waals surface area contributed by atoms with Crippen molar-refractivity contribution in [1.29, 1.82) is 0 Å². The number of carbonyl (C=O) groups excluding carboxylic acids is 1. The lowest BCUT2D eigenvalue weighted by Crippen LogP contribution is -2.34. The maximum absolute atomic E-state index is 13.6. The van der Waals surface area contributed by atoms with Crippen LogP contribution in [0.3, 0.4) is 0 Å². The molecule has 11 heteroatoms. The summed E-state index contributed by atoms with van der Waals surface area (Å²) in [7, 11) is -3.81. The molecule has 0 aliphatic carbocycles. The molecule has 198 valence electrons. The molecular formula is C28H26N6O4S. The molecule has 0 saturated carbocycles. The van der Waals surface area contributed by atoms with E-state index in [9.17, 15) is 13.2 Å². The van der Waals surface area contributed by atoms with Crippen LogP contribution in [0.1, 0.15) is 22.9 Å². The van der Waals surface area contributed by atoms with Gasteiger partial charge in [0, 0.05) is 29.7 Å². The molecule has 0 fully saturated rings. The van der Waals surface area contributed by atoms with Gasteiger partial charge >= 0.3 is 0 Å². The summed E-state index contributed by atoms with van der Waals surface area (Å²) in [5.74, 6) is 0.374. The van der Waals surface area contributed by atoms with Crippen LogP contribution in [-0.4, -0.2) is 34.5 Å². The van der Waals surface area contributed by atoms with Gasteiger partial charge in [0.15, 0.2) is 0 Å². The number of rotatable bonds is 9. The summed E-state index contributed by atoms with van der Waals surface area (Å²) in [4.78, 5) is 13.6. The van der Waals surface area contributed by atoms with Gasteiger partial charge in [-0.1, -0.05) is 83.2 Å². The molecule has 0 aliphatic heterocycles. The molecule has 1 unspecified atom stereocenters. The number of primary sulfonamides is 1. The second-order valence-electron chi connectivity index (χ2n) is 9.01. The lowest BCUT2D eigenvalue weighted by Gasteiger charge is -2.17. The Morgan fingerprint density at radius 1 is 0.974 bits per heavy atom. The van der Waals surface area contributed by atoms with Crippen molar-refractivity contribution >= 4 is 15.9 Å². The zero-order chi connectivity index (χ0) is 27.4. The Bertz CT molecular complexity index is 1680. The Morgan fingerprint density at radius 2 is 1.64 bits per heavy atom. The Balaban J connectivity index is 1.40. The molecule has 39 heavy (non-hydrogen) atoms. The molecule has 0 spiro atoms. The van der Waals surface area contributed by atoms with Crippen LogP contribution in [0, 0.1) is 6.92 Å². The largest absolute Gasteiger partial charge is 0.361 e. The Labute approximate surface area is 225 Å². The highest BCUT2D eigenvalue weighted by atomic mass is 32.2. The molecule has 3 aromatic carbocycles. The van der Waals surface area contributed by atoms with E-state index in [1.165, 1.54) is 16.8 Å². The fourth-order valence-electron chi connectivity index (χ4n) is 4.24. The third-order valence-corrected chi connectivity index (χ3v) is 7.28. The number of aryl methyl sites for hydroxylation is 1. The van der Waals surface area contributed by atoms with Gasteiger partial charge in [-0.25, -0.2) is 18.2 Å². The Morgan fingerprint density at radius 3 is 2.31 bits per heavy atom. The third-order valence-electron chi connectivity index (χ3n) is 6.35. The first-order chi connectivity index (χ1) is 18.8. The van der Waals surface area contributed by atoms with E-state index < -0.39 is 16.1 Å². The molecule has 5 aromatic rings. The van der Waals surface area contributed by atoms with E-state index in [2.05, 4.69) is 20.8 Å². The van der Waals surface area contributed by atoms with E-state index in [0.717, 1.165) is 16.7 Å². The second kappa shape index (κ2) is 11.0. The van der Waals surface area contributed by atoms with Crippen LogP contribution >= 0.6 is 0 Å². The molecule has 2 aromatic heterocycles. The maximum Gasteiger partial charge on any atom is 0.245 e. The van der Waals surface area contributed by atoms with E-state index in [1.54, 1.807) is 18.3 Å². The number of sulfonamides is 1. The number of aromatic nitrogens is 4. The van der Waals surface area contributed by atoms with E-state index in [4.69, 9.17) is 9.66 Å². The summed E-state index contributed by atoms with van der Waals surface area (Å²) in [6.45, 7) is 2.04. The van der Waals surface area contributed by atoms with Gasteiger partial charge in [0.2, 0.25) is 15.9 Å². The summed E-state index contributed by atoms with van der Waals surface area (Å²) in [5.41, 5.74) is 4.46. The molecule has 5 rings (SSSR count). The zero-order valence-corrected chi connectivity index (χ0v) is 21.9. The number of nitrogens with one attached hydrogen (secondary N) is 1. The smallest absolute Gasteiger partial charge is 0.245 e. The monoisotopic (exact) mass is 542 g/mol. The second-order valence-corrected chi connectivity index (χ2v) is 10.6. The number of benzene rings is 3. The molecule has 10 nitrogen and oxygen atoms in total. The van der Waals surface area contributed by atoms with Gasteiger partial charge in [-0.3, -0.25) is 4.79 Å². The predicted molar refractivity (Wildman–Crippen MR) is 145 cm³/mol. The SMILES string of the molecule is Cc1onc(-c2ccccc2)c1CNC(=O)C(Cc1ccccc1)n1cc(-c2ccc(S(N)(=O)=O)cc2)nn1. The number of carbonyl (C=O) groups is 1. The molecule has 2 heterocycles. The molecule has 0 aliphatic rings. The quantitative estimate of drug-likeness (QED) is 0.289.